The molecular weight excluding hydrogens is 264 g/mol. The van der Waals surface area contributed by atoms with Crippen LogP contribution in [0.15, 0.2) is 0 Å². The normalized spacial score (nSPS) is 25.9. The molecule has 0 spiro atoms. The number of nitriles is 1. The van der Waals surface area contributed by atoms with E-state index in [0.717, 1.165) is 70.9 Å². The molecule has 1 aliphatic carbocycles. The van der Waals surface area contributed by atoms with Crippen molar-refractivity contribution in [2.24, 2.45) is 5.41 Å². The lowest BCUT2D eigenvalue weighted by molar-refractivity contribution is -0.144. The third-order valence-electron chi connectivity index (χ3n) is 4.80. The molecule has 1 atom stereocenters. The van der Waals surface area contributed by atoms with Gasteiger partial charge < -0.3 is 9.64 Å². The fourth-order valence-electron chi connectivity index (χ4n) is 3.55. The summed E-state index contributed by atoms with van der Waals surface area (Å²) in [6.45, 7) is 4.31. The first-order valence-electron chi connectivity index (χ1n) is 8.54. The van der Waals surface area contributed by atoms with Crippen LogP contribution in [0.25, 0.3) is 0 Å². The van der Waals surface area contributed by atoms with Crippen LogP contribution in [0.5, 0.6) is 0 Å². The van der Waals surface area contributed by atoms with E-state index in [2.05, 4.69) is 13.0 Å². The average molecular weight is 292 g/mol. The molecule has 4 nitrogen and oxygen atoms in total. The van der Waals surface area contributed by atoms with E-state index in [9.17, 15) is 10.1 Å². The van der Waals surface area contributed by atoms with E-state index in [0.29, 0.717) is 6.54 Å². The number of piperidine rings is 1. The third-order valence-corrected chi connectivity index (χ3v) is 4.80. The van der Waals surface area contributed by atoms with Crippen molar-refractivity contribution in [3.05, 3.63) is 0 Å². The fraction of sp³-hybridized carbons (Fsp3) is 0.882. The highest BCUT2D eigenvalue weighted by Gasteiger charge is 2.42. The maximum Gasteiger partial charge on any atom is 0.243 e. The van der Waals surface area contributed by atoms with Gasteiger partial charge in [0.2, 0.25) is 5.91 Å². The second-order valence-corrected chi connectivity index (χ2v) is 6.49. The lowest BCUT2D eigenvalue weighted by Gasteiger charge is -2.37. The predicted molar refractivity (Wildman–Crippen MR) is 81.6 cm³/mol. The SMILES string of the molecule is CCCOC1CCCN(C(=O)C2(C#N)CCCCCC2)C1. The Labute approximate surface area is 128 Å². The molecule has 2 rings (SSSR count). The van der Waals surface area contributed by atoms with Gasteiger partial charge in [0, 0.05) is 19.7 Å². The first kappa shape index (κ1) is 16.3. The van der Waals surface area contributed by atoms with Crippen LogP contribution in [0.1, 0.15) is 64.7 Å². The fourth-order valence-corrected chi connectivity index (χ4v) is 3.55. The molecule has 1 saturated heterocycles. The topological polar surface area (TPSA) is 53.3 Å². The second-order valence-electron chi connectivity index (χ2n) is 6.49. The third kappa shape index (κ3) is 3.97. The Morgan fingerprint density at radius 2 is 2.00 bits per heavy atom. The minimum atomic E-state index is -0.761. The maximum absolute atomic E-state index is 12.9. The molecule has 1 unspecified atom stereocenters. The van der Waals surface area contributed by atoms with Crippen molar-refractivity contribution in [3.63, 3.8) is 0 Å². The number of carbonyl (C=O) groups excluding carboxylic acids is 1. The zero-order chi connectivity index (χ0) is 15.1. The molecule has 118 valence electrons. The van der Waals surface area contributed by atoms with Crippen LogP contribution in [-0.4, -0.2) is 36.6 Å². The molecule has 0 aromatic heterocycles. The number of ether oxygens (including phenoxy) is 1. The Kier molecular flexibility index (Phi) is 6.05. The number of nitrogens with zero attached hydrogens (tertiary/aromatic N) is 2. The lowest BCUT2D eigenvalue weighted by Crippen LogP contribution is -2.49. The molecule has 0 radical (unpaired) electrons. The number of carbonyl (C=O) groups is 1. The van der Waals surface area contributed by atoms with E-state index >= 15 is 0 Å². The maximum atomic E-state index is 12.9. The summed E-state index contributed by atoms with van der Waals surface area (Å²) < 4.78 is 5.81. The molecule has 0 aromatic rings. The van der Waals surface area contributed by atoms with Crippen molar-refractivity contribution < 1.29 is 9.53 Å². The van der Waals surface area contributed by atoms with Gasteiger partial charge in [0.05, 0.1) is 12.2 Å². The van der Waals surface area contributed by atoms with Gasteiger partial charge in [0.15, 0.2) is 0 Å². The Hall–Kier alpha value is -1.08. The van der Waals surface area contributed by atoms with Gasteiger partial charge in [0.25, 0.3) is 0 Å². The van der Waals surface area contributed by atoms with E-state index in [4.69, 9.17) is 4.74 Å². The first-order chi connectivity index (χ1) is 10.2. The molecule has 0 bridgehead atoms. The van der Waals surface area contributed by atoms with Crippen molar-refractivity contribution in [1.82, 2.24) is 4.90 Å². The molecule has 1 saturated carbocycles. The van der Waals surface area contributed by atoms with Gasteiger partial charge in [-0.05, 0) is 32.1 Å². The Bertz CT molecular complexity index is 381. The largest absolute Gasteiger partial charge is 0.376 e. The Morgan fingerprint density at radius 3 is 2.62 bits per heavy atom. The standard InChI is InChI=1S/C17H28N2O2/c1-2-12-21-15-8-7-11-19(13-15)16(20)17(14-18)9-5-3-4-6-10-17/h15H,2-13H2,1H3. The summed E-state index contributed by atoms with van der Waals surface area (Å²) >= 11 is 0. The van der Waals surface area contributed by atoms with Gasteiger partial charge >= 0.3 is 0 Å². The van der Waals surface area contributed by atoms with Gasteiger partial charge in [-0.2, -0.15) is 5.26 Å². The zero-order valence-corrected chi connectivity index (χ0v) is 13.3. The molecule has 21 heavy (non-hydrogen) atoms. The minimum Gasteiger partial charge on any atom is -0.376 e. The average Bonchev–Trinajstić information content (AvgIpc) is 2.79. The number of rotatable bonds is 4. The molecule has 4 heteroatoms. The van der Waals surface area contributed by atoms with E-state index in [1.54, 1.807) is 0 Å². The second kappa shape index (κ2) is 7.79. The first-order valence-corrected chi connectivity index (χ1v) is 8.54. The predicted octanol–water partition coefficient (Wildman–Crippen LogP) is 3.27. The molecule has 1 amide bonds. The van der Waals surface area contributed by atoms with Crippen LogP contribution in [0.3, 0.4) is 0 Å². The Morgan fingerprint density at radius 1 is 1.29 bits per heavy atom. The molecule has 0 aromatic carbocycles. The van der Waals surface area contributed by atoms with Gasteiger partial charge in [-0.15, -0.1) is 0 Å². The van der Waals surface area contributed by atoms with Crippen molar-refractivity contribution in [1.29, 1.82) is 5.26 Å². The van der Waals surface area contributed by atoms with E-state index in [-0.39, 0.29) is 12.0 Å². The highest BCUT2D eigenvalue weighted by molar-refractivity contribution is 5.85. The van der Waals surface area contributed by atoms with Crippen molar-refractivity contribution in [2.75, 3.05) is 19.7 Å². The van der Waals surface area contributed by atoms with Gasteiger partial charge in [-0.1, -0.05) is 32.6 Å². The summed E-state index contributed by atoms with van der Waals surface area (Å²) in [4.78, 5) is 14.8. The van der Waals surface area contributed by atoms with Crippen LogP contribution in [0.2, 0.25) is 0 Å². The van der Waals surface area contributed by atoms with Crippen LogP contribution < -0.4 is 0 Å². The highest BCUT2D eigenvalue weighted by atomic mass is 16.5. The van der Waals surface area contributed by atoms with Gasteiger partial charge in [0.1, 0.15) is 5.41 Å². The lowest BCUT2D eigenvalue weighted by atomic mass is 9.80. The van der Waals surface area contributed by atoms with Crippen LogP contribution >= 0.6 is 0 Å². The quantitative estimate of drug-likeness (QED) is 0.747. The van der Waals surface area contributed by atoms with Gasteiger partial charge in [-0.3, -0.25) is 4.79 Å². The molecule has 1 heterocycles. The summed E-state index contributed by atoms with van der Waals surface area (Å²) in [6, 6.07) is 2.38. The number of amides is 1. The minimum absolute atomic E-state index is 0.0664. The molecule has 1 aliphatic heterocycles. The van der Waals surface area contributed by atoms with Crippen LogP contribution in [-0.2, 0) is 9.53 Å². The molecular formula is C17H28N2O2. The smallest absolute Gasteiger partial charge is 0.243 e. The van der Waals surface area contributed by atoms with Gasteiger partial charge in [-0.25, -0.2) is 0 Å². The van der Waals surface area contributed by atoms with Crippen LogP contribution in [0.4, 0.5) is 0 Å². The summed E-state index contributed by atoms with van der Waals surface area (Å²) in [5.41, 5.74) is -0.761. The molecule has 2 aliphatic rings. The summed E-state index contributed by atoms with van der Waals surface area (Å²) in [6.07, 6.45) is 8.96. The summed E-state index contributed by atoms with van der Waals surface area (Å²) in [5.74, 6) is 0.0664. The monoisotopic (exact) mass is 292 g/mol. The molecule has 2 fully saturated rings. The number of hydrogen-bond acceptors (Lipinski definition) is 3. The number of hydrogen-bond donors (Lipinski definition) is 0. The Balaban J connectivity index is 2.01. The summed E-state index contributed by atoms with van der Waals surface area (Å²) in [7, 11) is 0. The number of likely N-dealkylation sites (tertiary alicyclic amines) is 1. The zero-order valence-electron chi connectivity index (χ0n) is 13.3. The van der Waals surface area contributed by atoms with Crippen molar-refractivity contribution >= 4 is 5.91 Å². The molecule has 0 N–H and O–H groups in total. The van der Waals surface area contributed by atoms with E-state index in [1.165, 1.54) is 0 Å². The van der Waals surface area contributed by atoms with Crippen molar-refractivity contribution in [3.8, 4) is 6.07 Å². The van der Waals surface area contributed by atoms with Crippen molar-refractivity contribution in [2.45, 2.75) is 70.8 Å². The van der Waals surface area contributed by atoms with E-state index in [1.807, 2.05) is 4.90 Å². The van der Waals surface area contributed by atoms with Crippen LogP contribution in [0, 0.1) is 16.7 Å². The van der Waals surface area contributed by atoms with E-state index < -0.39 is 5.41 Å². The summed E-state index contributed by atoms with van der Waals surface area (Å²) in [5, 5.41) is 9.65. The highest BCUT2D eigenvalue weighted by Crippen LogP contribution is 2.37.